The van der Waals surface area contributed by atoms with Crippen LogP contribution in [-0.2, 0) is 4.79 Å². The molecule has 0 bridgehead atoms. The molecule has 0 aliphatic carbocycles. The van der Waals surface area contributed by atoms with Gasteiger partial charge in [-0.15, -0.1) is 0 Å². The molecule has 3 N–H and O–H groups in total. The van der Waals surface area contributed by atoms with E-state index in [1.165, 1.54) is 0 Å². The normalized spacial score (nSPS) is 16.0. The highest BCUT2D eigenvalue weighted by Gasteiger charge is 2.29. The summed E-state index contributed by atoms with van der Waals surface area (Å²) in [5, 5.41) is 14.1. The van der Waals surface area contributed by atoms with E-state index in [-0.39, 0.29) is 11.9 Å². The molecule has 30 heavy (non-hydrogen) atoms. The third-order valence-corrected chi connectivity index (χ3v) is 5.20. The summed E-state index contributed by atoms with van der Waals surface area (Å²) < 4.78 is 7.12. The van der Waals surface area contributed by atoms with Crippen molar-refractivity contribution in [1.82, 2.24) is 24.8 Å². The van der Waals surface area contributed by atoms with E-state index < -0.39 is 0 Å². The highest BCUT2D eigenvalue weighted by molar-refractivity contribution is 5.86. The van der Waals surface area contributed by atoms with Crippen molar-refractivity contribution in [2.75, 3.05) is 38.4 Å². The average Bonchev–Trinajstić information content (AvgIpc) is 3.32. The molecule has 4 rings (SSSR count). The zero-order valence-corrected chi connectivity index (χ0v) is 17.3. The molecule has 0 unspecified atom stereocenters. The number of likely N-dealkylation sites (tertiary alicyclic amines) is 1. The number of carbonyl (C=O) groups excluding carboxylic acids is 1. The summed E-state index contributed by atoms with van der Waals surface area (Å²) in [5.74, 6) is 2.17. The monoisotopic (exact) mass is 407 g/mol. The van der Waals surface area contributed by atoms with Gasteiger partial charge in [-0.3, -0.25) is 4.79 Å². The molecule has 0 radical (unpaired) electrons. The lowest BCUT2D eigenvalue weighted by atomic mass is 10.2. The van der Waals surface area contributed by atoms with E-state index in [4.69, 9.17) is 9.72 Å². The van der Waals surface area contributed by atoms with Crippen molar-refractivity contribution in [3.63, 3.8) is 0 Å². The fourth-order valence-corrected chi connectivity index (χ4v) is 3.55. The Bertz CT molecular complexity index is 1110. The second kappa shape index (κ2) is 7.94. The van der Waals surface area contributed by atoms with E-state index in [0.717, 1.165) is 30.0 Å². The van der Waals surface area contributed by atoms with E-state index in [1.54, 1.807) is 29.8 Å². The molecule has 3 aromatic rings. The Morgan fingerprint density at radius 1 is 1.33 bits per heavy atom. The second-order valence-electron chi connectivity index (χ2n) is 7.12. The van der Waals surface area contributed by atoms with Crippen LogP contribution in [-0.4, -0.2) is 59.2 Å². The lowest BCUT2D eigenvalue weighted by Gasteiger charge is -2.15. The maximum absolute atomic E-state index is 12.2. The maximum Gasteiger partial charge on any atom is 0.244 e. The van der Waals surface area contributed by atoms with Gasteiger partial charge in [-0.2, -0.15) is 9.61 Å². The number of hydrogen-bond donors (Lipinski definition) is 3. The van der Waals surface area contributed by atoms with Gasteiger partial charge < -0.3 is 25.6 Å². The van der Waals surface area contributed by atoms with Crippen LogP contribution in [0.1, 0.15) is 12.0 Å². The minimum absolute atomic E-state index is 0.0648. The number of nitrogens with zero attached hydrogens (tertiary/aromatic N) is 4. The molecule has 0 saturated carbocycles. The number of aromatic nitrogens is 3. The molecule has 1 saturated heterocycles. The van der Waals surface area contributed by atoms with Crippen LogP contribution in [0.2, 0.25) is 0 Å². The van der Waals surface area contributed by atoms with Gasteiger partial charge in [0.05, 0.1) is 24.6 Å². The van der Waals surface area contributed by atoms with E-state index in [1.807, 2.05) is 37.4 Å². The van der Waals surface area contributed by atoms with Crippen molar-refractivity contribution in [2.24, 2.45) is 0 Å². The molecular formula is C21H25N7O2. The number of para-hydroxylation sites is 2. The van der Waals surface area contributed by atoms with Crippen LogP contribution < -0.4 is 20.7 Å². The zero-order chi connectivity index (χ0) is 21.3. The molecule has 9 heteroatoms. The maximum atomic E-state index is 12.2. The number of methoxy groups -OCH3 is 1. The van der Waals surface area contributed by atoms with Crippen molar-refractivity contribution in [2.45, 2.75) is 12.5 Å². The van der Waals surface area contributed by atoms with E-state index >= 15 is 0 Å². The molecule has 156 valence electrons. The first-order valence-corrected chi connectivity index (χ1v) is 9.69. The molecule has 1 aliphatic heterocycles. The summed E-state index contributed by atoms with van der Waals surface area (Å²) in [4.78, 5) is 18.7. The fraction of sp³-hybridized carbons (Fsp3) is 0.286. The summed E-state index contributed by atoms with van der Waals surface area (Å²) in [6, 6.07) is 9.22. The minimum atomic E-state index is -0.281. The summed E-state index contributed by atoms with van der Waals surface area (Å²) >= 11 is 0. The molecular weight excluding hydrogens is 382 g/mol. The summed E-state index contributed by atoms with van der Waals surface area (Å²) in [6.45, 7) is 4.86. The Morgan fingerprint density at radius 3 is 2.83 bits per heavy atom. The first kappa shape index (κ1) is 19.6. The number of amides is 1. The predicted molar refractivity (Wildman–Crippen MR) is 117 cm³/mol. The highest BCUT2D eigenvalue weighted by Crippen LogP contribution is 2.29. The highest BCUT2D eigenvalue weighted by atomic mass is 16.5. The van der Waals surface area contributed by atoms with Crippen molar-refractivity contribution in [3.8, 4) is 5.75 Å². The third-order valence-electron chi connectivity index (χ3n) is 5.20. The van der Waals surface area contributed by atoms with Gasteiger partial charge in [-0.1, -0.05) is 18.7 Å². The molecule has 2 aromatic heterocycles. The van der Waals surface area contributed by atoms with Gasteiger partial charge in [0.15, 0.2) is 5.65 Å². The lowest BCUT2D eigenvalue weighted by molar-refractivity contribution is -0.128. The molecule has 1 atom stereocenters. The molecule has 1 amide bonds. The number of ether oxygens (including phenoxy) is 1. The molecule has 9 nitrogen and oxygen atoms in total. The summed E-state index contributed by atoms with van der Waals surface area (Å²) in [5.41, 5.74) is 2.77. The number of fused-ring (bicyclic) bond motifs is 1. The van der Waals surface area contributed by atoms with Gasteiger partial charge in [0.1, 0.15) is 23.4 Å². The van der Waals surface area contributed by atoms with Gasteiger partial charge in [0.2, 0.25) is 5.91 Å². The number of carbonyl (C=O) groups is 1. The van der Waals surface area contributed by atoms with Gasteiger partial charge in [0.25, 0.3) is 0 Å². The van der Waals surface area contributed by atoms with Crippen LogP contribution in [0.4, 0.5) is 17.3 Å². The summed E-state index contributed by atoms with van der Waals surface area (Å²) in [7, 11) is 5.25. The first-order valence-electron chi connectivity index (χ1n) is 9.69. The van der Waals surface area contributed by atoms with Crippen LogP contribution in [0.3, 0.4) is 0 Å². The Labute approximate surface area is 174 Å². The Morgan fingerprint density at radius 2 is 2.13 bits per heavy atom. The number of nitrogens with one attached hydrogen (secondary N) is 3. The van der Waals surface area contributed by atoms with Crippen molar-refractivity contribution >= 4 is 34.6 Å². The number of benzene rings is 1. The largest absolute Gasteiger partial charge is 0.495 e. The quantitative estimate of drug-likeness (QED) is 0.553. The predicted octanol–water partition coefficient (Wildman–Crippen LogP) is 2.31. The molecule has 1 fully saturated rings. The Balaban J connectivity index is 1.67. The minimum Gasteiger partial charge on any atom is -0.495 e. The zero-order valence-electron chi connectivity index (χ0n) is 17.3. The van der Waals surface area contributed by atoms with E-state index in [9.17, 15) is 4.79 Å². The van der Waals surface area contributed by atoms with Crippen molar-refractivity contribution in [1.29, 1.82) is 0 Å². The lowest BCUT2D eigenvalue weighted by Crippen LogP contribution is -2.35. The van der Waals surface area contributed by atoms with Gasteiger partial charge in [-0.25, -0.2) is 4.98 Å². The smallest absolute Gasteiger partial charge is 0.244 e. The van der Waals surface area contributed by atoms with E-state index in [2.05, 4.69) is 27.6 Å². The second-order valence-corrected chi connectivity index (χ2v) is 7.12. The molecule has 1 aliphatic rings. The van der Waals surface area contributed by atoms with Gasteiger partial charge in [0, 0.05) is 32.4 Å². The van der Waals surface area contributed by atoms with Crippen LogP contribution in [0, 0.1) is 0 Å². The van der Waals surface area contributed by atoms with Crippen LogP contribution in [0.25, 0.3) is 11.3 Å². The van der Waals surface area contributed by atoms with Gasteiger partial charge >= 0.3 is 0 Å². The van der Waals surface area contributed by atoms with Crippen LogP contribution >= 0.6 is 0 Å². The number of hydrogen-bond acceptors (Lipinski definition) is 7. The number of rotatable bonds is 7. The van der Waals surface area contributed by atoms with Crippen LogP contribution in [0.5, 0.6) is 5.75 Å². The molecule has 3 heterocycles. The fourth-order valence-electron chi connectivity index (χ4n) is 3.55. The van der Waals surface area contributed by atoms with E-state index in [0.29, 0.717) is 22.9 Å². The Kier molecular flexibility index (Phi) is 5.18. The molecule has 1 aromatic carbocycles. The SMILES string of the molecule is C=C(N[C@H]1CCN(C)C1=O)c1cnn2c(NC)cc(Nc3ccccc3OC)nc12. The number of anilines is 3. The summed E-state index contributed by atoms with van der Waals surface area (Å²) in [6.07, 6.45) is 2.44. The molecule has 0 spiro atoms. The Hall–Kier alpha value is -3.75. The standard InChI is InChI=1S/C21H25N7O2/c1-13(24-16-9-10-27(3)21(16)29)14-12-23-28-19(22-2)11-18(26-20(14)28)25-15-7-5-6-8-17(15)30-4/h5-8,11-12,16,22,24H,1,9-10H2,2-4H3,(H,25,26)/t16-/m0/s1. The van der Waals surface area contributed by atoms with Gasteiger partial charge in [-0.05, 0) is 18.6 Å². The van der Waals surface area contributed by atoms with Crippen molar-refractivity contribution < 1.29 is 9.53 Å². The van der Waals surface area contributed by atoms with Crippen molar-refractivity contribution in [3.05, 3.63) is 48.7 Å². The third kappa shape index (κ3) is 3.49. The average molecular weight is 407 g/mol. The van der Waals surface area contributed by atoms with Crippen LogP contribution in [0.15, 0.2) is 43.1 Å². The topological polar surface area (TPSA) is 95.8 Å². The number of likely N-dealkylation sites (N-methyl/N-ethyl adjacent to an activating group) is 1. The first-order chi connectivity index (χ1) is 14.5.